The molecule has 0 bridgehead atoms. The van der Waals surface area contributed by atoms with Crippen molar-refractivity contribution < 1.29 is 18.3 Å². The number of carbonyl (C=O) groups excluding carboxylic acids is 1. The first-order valence-electron chi connectivity index (χ1n) is 7.45. The molecule has 0 aliphatic heterocycles. The maximum absolute atomic E-state index is 14.9. The van der Waals surface area contributed by atoms with Gasteiger partial charge in [0.05, 0.1) is 7.11 Å². The van der Waals surface area contributed by atoms with E-state index in [0.717, 1.165) is 18.9 Å². The molecule has 1 aliphatic carbocycles. The molecule has 120 valence electrons. The number of nitrogens with two attached hydrogens (primary N) is 1. The van der Waals surface area contributed by atoms with Crippen molar-refractivity contribution in [2.75, 3.05) is 7.11 Å². The Morgan fingerprint density at radius 3 is 2.61 bits per heavy atom. The molecule has 1 fully saturated rings. The van der Waals surface area contributed by atoms with Crippen LogP contribution in [0.5, 0.6) is 5.75 Å². The number of benzene rings is 2. The van der Waals surface area contributed by atoms with Crippen LogP contribution in [0.4, 0.5) is 8.78 Å². The fourth-order valence-electron chi connectivity index (χ4n) is 2.70. The molecule has 1 saturated carbocycles. The van der Waals surface area contributed by atoms with Gasteiger partial charge in [-0.05, 0) is 37.0 Å². The fraction of sp³-hybridized carbons (Fsp3) is 0.278. The van der Waals surface area contributed by atoms with Crippen LogP contribution in [0.15, 0.2) is 36.4 Å². The molecule has 2 aromatic rings. The number of carbonyl (C=O) groups is 1. The summed E-state index contributed by atoms with van der Waals surface area (Å²) in [5.41, 5.74) is 6.24. The minimum absolute atomic E-state index is 0.0688. The van der Waals surface area contributed by atoms with Crippen molar-refractivity contribution in [2.24, 2.45) is 11.7 Å². The predicted molar refractivity (Wildman–Crippen MR) is 82.4 cm³/mol. The van der Waals surface area contributed by atoms with Gasteiger partial charge in [0.1, 0.15) is 22.9 Å². The maximum Gasteiger partial charge on any atom is 0.199 e. The molecule has 0 aromatic heterocycles. The van der Waals surface area contributed by atoms with Gasteiger partial charge in [0.15, 0.2) is 5.78 Å². The molecule has 5 heteroatoms. The molecule has 1 aliphatic rings. The van der Waals surface area contributed by atoms with E-state index in [-0.39, 0.29) is 22.8 Å². The van der Waals surface area contributed by atoms with Crippen molar-refractivity contribution in [1.29, 1.82) is 0 Å². The van der Waals surface area contributed by atoms with E-state index in [1.165, 1.54) is 31.4 Å². The molecule has 3 rings (SSSR count). The van der Waals surface area contributed by atoms with Crippen molar-refractivity contribution in [2.45, 2.75) is 18.9 Å². The Balaban J connectivity index is 2.08. The van der Waals surface area contributed by atoms with Crippen molar-refractivity contribution in [1.82, 2.24) is 0 Å². The van der Waals surface area contributed by atoms with E-state index >= 15 is 0 Å². The molecule has 23 heavy (non-hydrogen) atoms. The summed E-state index contributed by atoms with van der Waals surface area (Å²) in [4.78, 5) is 12.6. The minimum atomic E-state index is -0.682. The average Bonchev–Trinajstić information content (AvgIpc) is 3.38. The lowest BCUT2D eigenvalue weighted by molar-refractivity contribution is 0.103. The Kier molecular flexibility index (Phi) is 4.13. The fourth-order valence-corrected chi connectivity index (χ4v) is 2.70. The number of methoxy groups -OCH3 is 1. The van der Waals surface area contributed by atoms with Crippen LogP contribution in [0.25, 0.3) is 0 Å². The lowest BCUT2D eigenvalue weighted by Crippen LogP contribution is -2.17. The second-order valence-corrected chi connectivity index (χ2v) is 5.75. The van der Waals surface area contributed by atoms with Crippen molar-refractivity contribution in [3.63, 3.8) is 0 Å². The van der Waals surface area contributed by atoms with E-state index in [0.29, 0.717) is 5.56 Å². The molecular formula is C18H17F2NO2. The molecule has 0 radical (unpaired) electrons. The Morgan fingerprint density at radius 1 is 1.26 bits per heavy atom. The third-order valence-corrected chi connectivity index (χ3v) is 4.16. The Morgan fingerprint density at radius 2 is 2.00 bits per heavy atom. The lowest BCUT2D eigenvalue weighted by Gasteiger charge is -2.16. The van der Waals surface area contributed by atoms with Crippen LogP contribution in [0.1, 0.15) is 40.4 Å². The van der Waals surface area contributed by atoms with Gasteiger partial charge in [0.2, 0.25) is 0 Å². The monoisotopic (exact) mass is 317 g/mol. The third kappa shape index (κ3) is 2.97. The van der Waals surface area contributed by atoms with Gasteiger partial charge < -0.3 is 10.5 Å². The number of rotatable bonds is 5. The molecular weight excluding hydrogens is 300 g/mol. The zero-order chi connectivity index (χ0) is 16.6. The highest BCUT2D eigenvalue weighted by atomic mass is 19.1. The largest absolute Gasteiger partial charge is 0.496 e. The summed E-state index contributed by atoms with van der Waals surface area (Å²) in [5.74, 6) is -1.50. The van der Waals surface area contributed by atoms with Crippen LogP contribution in [-0.2, 0) is 0 Å². The smallest absolute Gasteiger partial charge is 0.199 e. The highest BCUT2D eigenvalue weighted by Crippen LogP contribution is 2.41. The topological polar surface area (TPSA) is 52.3 Å². The summed E-state index contributed by atoms with van der Waals surface area (Å²) in [5, 5.41) is 0. The van der Waals surface area contributed by atoms with Gasteiger partial charge in [-0.2, -0.15) is 0 Å². The molecule has 1 atom stereocenters. The number of ketones is 1. The summed E-state index contributed by atoms with van der Waals surface area (Å²) in [6.45, 7) is 0. The summed E-state index contributed by atoms with van der Waals surface area (Å²) >= 11 is 0. The van der Waals surface area contributed by atoms with Gasteiger partial charge in [0.25, 0.3) is 0 Å². The molecule has 0 amide bonds. The normalized spacial score (nSPS) is 15.3. The third-order valence-electron chi connectivity index (χ3n) is 4.16. The molecule has 1 unspecified atom stereocenters. The quantitative estimate of drug-likeness (QED) is 0.857. The SMILES string of the molecule is COc1ccc(C(N)C2CC2)c(F)c1C(=O)c1cccc(F)c1. The van der Waals surface area contributed by atoms with Gasteiger partial charge in [0, 0.05) is 17.2 Å². The van der Waals surface area contributed by atoms with Crippen LogP contribution in [0, 0.1) is 17.6 Å². The summed E-state index contributed by atoms with van der Waals surface area (Å²) in [6.07, 6.45) is 1.92. The van der Waals surface area contributed by atoms with E-state index in [4.69, 9.17) is 10.5 Å². The van der Waals surface area contributed by atoms with Gasteiger partial charge in [-0.15, -0.1) is 0 Å². The predicted octanol–water partition coefficient (Wildman–Crippen LogP) is 3.61. The van der Waals surface area contributed by atoms with E-state index in [2.05, 4.69) is 0 Å². The Labute approximate surface area is 133 Å². The summed E-state index contributed by atoms with van der Waals surface area (Å²) < 4.78 is 33.4. The second-order valence-electron chi connectivity index (χ2n) is 5.75. The van der Waals surface area contributed by atoms with Gasteiger partial charge in [-0.25, -0.2) is 8.78 Å². The second kappa shape index (κ2) is 6.08. The van der Waals surface area contributed by atoms with E-state index in [1.807, 2.05) is 0 Å². The van der Waals surface area contributed by atoms with Crippen LogP contribution in [0.3, 0.4) is 0 Å². The van der Waals surface area contributed by atoms with Crippen LogP contribution in [-0.4, -0.2) is 12.9 Å². The zero-order valence-corrected chi connectivity index (χ0v) is 12.7. The van der Waals surface area contributed by atoms with E-state index < -0.39 is 23.5 Å². The minimum Gasteiger partial charge on any atom is -0.496 e. The first-order valence-corrected chi connectivity index (χ1v) is 7.45. The molecule has 0 heterocycles. The standard InChI is InChI=1S/C18H17F2NO2/c1-23-14-8-7-13(17(21)10-5-6-10)16(20)15(14)18(22)11-3-2-4-12(19)9-11/h2-4,7-10,17H,5-6,21H2,1H3. The van der Waals surface area contributed by atoms with Crippen molar-refractivity contribution in [3.8, 4) is 5.75 Å². The highest BCUT2D eigenvalue weighted by molar-refractivity contribution is 6.11. The van der Waals surface area contributed by atoms with Gasteiger partial charge >= 0.3 is 0 Å². The van der Waals surface area contributed by atoms with Crippen molar-refractivity contribution in [3.05, 3.63) is 64.7 Å². The maximum atomic E-state index is 14.9. The molecule has 3 nitrogen and oxygen atoms in total. The van der Waals surface area contributed by atoms with Crippen LogP contribution >= 0.6 is 0 Å². The Hall–Kier alpha value is -2.27. The molecule has 2 N–H and O–H groups in total. The zero-order valence-electron chi connectivity index (χ0n) is 12.7. The summed E-state index contributed by atoms with van der Waals surface area (Å²) in [6, 6.07) is 7.80. The highest BCUT2D eigenvalue weighted by Gasteiger charge is 2.33. The molecule has 0 saturated heterocycles. The number of hydrogen-bond donors (Lipinski definition) is 1. The Bertz CT molecular complexity index is 757. The molecule has 0 spiro atoms. The van der Waals surface area contributed by atoms with Gasteiger partial charge in [-0.1, -0.05) is 18.2 Å². The van der Waals surface area contributed by atoms with E-state index in [1.54, 1.807) is 6.07 Å². The first kappa shape index (κ1) is 15.6. The molecule has 2 aromatic carbocycles. The van der Waals surface area contributed by atoms with Gasteiger partial charge in [-0.3, -0.25) is 4.79 Å². The number of halogens is 2. The van der Waals surface area contributed by atoms with Crippen LogP contribution in [0.2, 0.25) is 0 Å². The number of ether oxygens (including phenoxy) is 1. The van der Waals surface area contributed by atoms with Crippen molar-refractivity contribution >= 4 is 5.78 Å². The van der Waals surface area contributed by atoms with E-state index in [9.17, 15) is 13.6 Å². The first-order chi connectivity index (χ1) is 11.0. The summed E-state index contributed by atoms with van der Waals surface area (Å²) in [7, 11) is 1.36. The lowest BCUT2D eigenvalue weighted by atomic mass is 9.95. The number of hydrogen-bond acceptors (Lipinski definition) is 3. The van der Waals surface area contributed by atoms with Crippen LogP contribution < -0.4 is 10.5 Å². The average molecular weight is 317 g/mol.